The second-order valence-electron chi connectivity index (χ2n) is 6.13. The Morgan fingerprint density at radius 1 is 1.15 bits per heavy atom. The molecule has 0 amide bonds. The van der Waals surface area contributed by atoms with Gasteiger partial charge in [-0.2, -0.15) is 0 Å². The number of benzene rings is 1. The Bertz CT molecular complexity index is 554. The summed E-state index contributed by atoms with van der Waals surface area (Å²) in [5.41, 5.74) is 4.28. The monoisotopic (exact) mass is 268 g/mol. The zero-order chi connectivity index (χ0) is 13.9. The molecule has 1 aliphatic rings. The highest BCUT2D eigenvalue weighted by molar-refractivity contribution is 5.32. The molecule has 106 valence electrons. The topological polar surface area (TPSA) is 17.0 Å². The fraction of sp³-hybridized carbons (Fsp3) is 0.444. The zero-order valence-corrected chi connectivity index (χ0v) is 12.5. The first-order valence-corrected chi connectivity index (χ1v) is 7.72. The Morgan fingerprint density at radius 2 is 1.95 bits per heavy atom. The Balaban J connectivity index is 1.87. The van der Waals surface area contributed by atoms with Gasteiger partial charge in [0.25, 0.3) is 0 Å². The van der Waals surface area contributed by atoms with Crippen LogP contribution in [0.4, 0.5) is 0 Å². The van der Waals surface area contributed by atoms with Gasteiger partial charge in [-0.05, 0) is 36.5 Å². The average molecular weight is 268 g/mol. The van der Waals surface area contributed by atoms with Gasteiger partial charge in [0.1, 0.15) is 0 Å². The molecule has 1 atom stereocenters. The number of nitrogens with one attached hydrogen (secondary N) is 1. The lowest BCUT2D eigenvalue weighted by atomic mass is 10.0. The van der Waals surface area contributed by atoms with Gasteiger partial charge in [-0.1, -0.05) is 44.2 Å². The average Bonchev–Trinajstić information content (AvgIpc) is 2.89. The van der Waals surface area contributed by atoms with Crippen molar-refractivity contribution < 1.29 is 0 Å². The van der Waals surface area contributed by atoms with Crippen molar-refractivity contribution in [2.75, 3.05) is 6.54 Å². The zero-order valence-electron chi connectivity index (χ0n) is 12.5. The molecule has 1 unspecified atom stereocenters. The lowest BCUT2D eigenvalue weighted by molar-refractivity contribution is 0.451. The quantitative estimate of drug-likeness (QED) is 0.893. The highest BCUT2D eigenvalue weighted by Gasteiger charge is 2.22. The van der Waals surface area contributed by atoms with E-state index in [4.69, 9.17) is 0 Å². The molecule has 3 rings (SSSR count). The van der Waals surface area contributed by atoms with E-state index < -0.39 is 0 Å². The van der Waals surface area contributed by atoms with Crippen LogP contribution in [0.5, 0.6) is 0 Å². The van der Waals surface area contributed by atoms with Crippen LogP contribution < -0.4 is 5.32 Å². The Morgan fingerprint density at radius 3 is 2.70 bits per heavy atom. The molecule has 1 N–H and O–H groups in total. The molecule has 2 heteroatoms. The van der Waals surface area contributed by atoms with Crippen molar-refractivity contribution >= 4 is 0 Å². The van der Waals surface area contributed by atoms with Crippen LogP contribution in [0.1, 0.15) is 43.3 Å². The van der Waals surface area contributed by atoms with Crippen LogP contribution in [0.2, 0.25) is 0 Å². The van der Waals surface area contributed by atoms with E-state index in [1.807, 2.05) is 0 Å². The van der Waals surface area contributed by atoms with Gasteiger partial charge in [0.2, 0.25) is 0 Å². The summed E-state index contributed by atoms with van der Waals surface area (Å²) in [6.45, 7) is 6.75. The molecular formula is C18H24N2. The first kappa shape index (κ1) is 13.4. The summed E-state index contributed by atoms with van der Waals surface area (Å²) < 4.78 is 2.52. The molecule has 0 saturated heterocycles. The van der Waals surface area contributed by atoms with E-state index in [2.05, 4.69) is 66.2 Å². The highest BCUT2D eigenvalue weighted by atomic mass is 15.1. The maximum absolute atomic E-state index is 3.65. The standard InChI is InChI=1S/C18H24N2/c1-14(2)8-9-16-10-11-17-18(19-12-13-20(16)17)15-6-4-3-5-7-15/h3-7,10-11,14,18-19H,8-9,12-13H2,1-2H3. The number of hydrogen-bond donors (Lipinski definition) is 1. The summed E-state index contributed by atoms with van der Waals surface area (Å²) in [6.07, 6.45) is 2.46. The number of nitrogens with zero attached hydrogens (tertiary/aromatic N) is 1. The van der Waals surface area contributed by atoms with Crippen LogP contribution in [0, 0.1) is 5.92 Å². The molecule has 0 bridgehead atoms. The molecule has 2 nitrogen and oxygen atoms in total. The predicted octanol–water partition coefficient (Wildman–Crippen LogP) is 3.77. The Hall–Kier alpha value is -1.54. The lowest BCUT2D eigenvalue weighted by Crippen LogP contribution is -2.34. The van der Waals surface area contributed by atoms with Crippen LogP contribution in [0.25, 0.3) is 0 Å². The molecule has 2 aromatic rings. The second kappa shape index (κ2) is 5.84. The summed E-state index contributed by atoms with van der Waals surface area (Å²) in [4.78, 5) is 0. The Labute approximate surface area is 121 Å². The van der Waals surface area contributed by atoms with Gasteiger partial charge in [0, 0.05) is 24.5 Å². The minimum absolute atomic E-state index is 0.345. The van der Waals surface area contributed by atoms with Gasteiger partial charge < -0.3 is 9.88 Å². The number of hydrogen-bond acceptors (Lipinski definition) is 1. The van der Waals surface area contributed by atoms with Crippen molar-refractivity contribution in [3.8, 4) is 0 Å². The molecule has 0 fully saturated rings. The molecule has 2 heterocycles. The van der Waals surface area contributed by atoms with E-state index in [9.17, 15) is 0 Å². The third-order valence-electron chi connectivity index (χ3n) is 4.20. The van der Waals surface area contributed by atoms with E-state index in [0.29, 0.717) is 6.04 Å². The third-order valence-corrected chi connectivity index (χ3v) is 4.20. The SMILES string of the molecule is CC(C)CCc1ccc2n1CCNC2c1ccccc1. The maximum Gasteiger partial charge on any atom is 0.0731 e. The van der Waals surface area contributed by atoms with Gasteiger partial charge in [-0.25, -0.2) is 0 Å². The summed E-state index contributed by atoms with van der Waals surface area (Å²) in [5, 5.41) is 3.65. The molecule has 0 spiro atoms. The van der Waals surface area contributed by atoms with Gasteiger partial charge in [0.15, 0.2) is 0 Å². The van der Waals surface area contributed by atoms with Gasteiger partial charge >= 0.3 is 0 Å². The molecule has 0 aliphatic carbocycles. The van der Waals surface area contributed by atoms with Crippen molar-refractivity contribution in [2.24, 2.45) is 5.92 Å². The van der Waals surface area contributed by atoms with E-state index in [1.54, 1.807) is 0 Å². The largest absolute Gasteiger partial charge is 0.346 e. The Kier molecular flexibility index (Phi) is 3.93. The summed E-state index contributed by atoms with van der Waals surface area (Å²) in [7, 11) is 0. The number of fused-ring (bicyclic) bond motifs is 1. The molecule has 1 aliphatic heterocycles. The first-order chi connectivity index (χ1) is 9.75. The lowest BCUT2D eigenvalue weighted by Gasteiger charge is -2.28. The molecule has 20 heavy (non-hydrogen) atoms. The van der Waals surface area contributed by atoms with E-state index in [-0.39, 0.29) is 0 Å². The fourth-order valence-corrected chi connectivity index (χ4v) is 3.07. The van der Waals surface area contributed by atoms with E-state index in [0.717, 1.165) is 19.0 Å². The maximum atomic E-state index is 3.65. The number of aromatic nitrogens is 1. The molecule has 0 radical (unpaired) electrons. The van der Waals surface area contributed by atoms with Crippen LogP contribution in [-0.2, 0) is 13.0 Å². The summed E-state index contributed by atoms with van der Waals surface area (Å²) in [6, 6.07) is 15.7. The van der Waals surface area contributed by atoms with Crippen LogP contribution >= 0.6 is 0 Å². The molecular weight excluding hydrogens is 244 g/mol. The number of aryl methyl sites for hydroxylation is 1. The minimum atomic E-state index is 0.345. The van der Waals surface area contributed by atoms with Gasteiger partial charge in [-0.3, -0.25) is 0 Å². The van der Waals surface area contributed by atoms with Gasteiger partial charge in [0.05, 0.1) is 6.04 Å². The third kappa shape index (κ3) is 2.66. The van der Waals surface area contributed by atoms with Crippen LogP contribution in [-0.4, -0.2) is 11.1 Å². The first-order valence-electron chi connectivity index (χ1n) is 7.72. The van der Waals surface area contributed by atoms with E-state index in [1.165, 1.54) is 29.8 Å². The van der Waals surface area contributed by atoms with Crippen molar-refractivity contribution in [1.29, 1.82) is 0 Å². The summed E-state index contributed by atoms with van der Waals surface area (Å²) >= 11 is 0. The van der Waals surface area contributed by atoms with Crippen molar-refractivity contribution in [3.63, 3.8) is 0 Å². The smallest absolute Gasteiger partial charge is 0.0731 e. The minimum Gasteiger partial charge on any atom is -0.346 e. The van der Waals surface area contributed by atoms with Crippen LogP contribution in [0.15, 0.2) is 42.5 Å². The number of rotatable bonds is 4. The molecule has 1 aromatic carbocycles. The molecule has 0 saturated carbocycles. The van der Waals surface area contributed by atoms with Crippen molar-refractivity contribution in [2.45, 2.75) is 39.3 Å². The molecule has 1 aromatic heterocycles. The predicted molar refractivity (Wildman–Crippen MR) is 83.9 cm³/mol. The second-order valence-corrected chi connectivity index (χ2v) is 6.13. The fourth-order valence-electron chi connectivity index (χ4n) is 3.07. The van der Waals surface area contributed by atoms with Crippen molar-refractivity contribution in [3.05, 3.63) is 59.4 Å². The van der Waals surface area contributed by atoms with Crippen molar-refractivity contribution in [1.82, 2.24) is 9.88 Å². The highest BCUT2D eigenvalue weighted by Crippen LogP contribution is 2.27. The van der Waals surface area contributed by atoms with Gasteiger partial charge in [-0.15, -0.1) is 0 Å². The van der Waals surface area contributed by atoms with E-state index >= 15 is 0 Å². The van der Waals surface area contributed by atoms with Crippen LogP contribution in [0.3, 0.4) is 0 Å². The summed E-state index contributed by atoms with van der Waals surface area (Å²) in [5.74, 6) is 0.771. The normalized spacial score (nSPS) is 18.2.